The maximum atomic E-state index is 12.9. The summed E-state index contributed by atoms with van der Waals surface area (Å²) in [7, 11) is -7.18. The predicted octanol–water partition coefficient (Wildman–Crippen LogP) is 2.06. The van der Waals surface area contributed by atoms with Crippen LogP contribution in [-0.4, -0.2) is 70.7 Å². The third-order valence-corrected chi connectivity index (χ3v) is 10.0. The molecule has 2 aliphatic rings. The van der Waals surface area contributed by atoms with E-state index in [1.54, 1.807) is 36.4 Å². The Morgan fingerprint density at radius 3 is 1.79 bits per heavy atom. The van der Waals surface area contributed by atoms with E-state index in [0.29, 0.717) is 44.8 Å². The molecule has 0 atom stereocenters. The third kappa shape index (κ3) is 5.33. The van der Waals surface area contributed by atoms with Crippen molar-refractivity contribution < 1.29 is 26.4 Å². The molecule has 0 aromatic heterocycles. The Balaban J connectivity index is 1.34. The quantitative estimate of drug-likeness (QED) is 0.640. The van der Waals surface area contributed by atoms with Crippen molar-refractivity contribution in [3.05, 3.63) is 54.1 Å². The van der Waals surface area contributed by atoms with Gasteiger partial charge in [0.1, 0.15) is 0 Å². The molecule has 2 aromatic rings. The molecule has 4 rings (SSSR count). The van der Waals surface area contributed by atoms with Crippen molar-refractivity contribution in [2.24, 2.45) is 5.92 Å². The van der Waals surface area contributed by atoms with Crippen LogP contribution >= 0.6 is 0 Å². The van der Waals surface area contributed by atoms with Crippen molar-refractivity contribution in [2.75, 3.05) is 44.7 Å². The summed E-state index contributed by atoms with van der Waals surface area (Å²) >= 11 is 0. The van der Waals surface area contributed by atoms with Crippen molar-refractivity contribution in [1.29, 1.82) is 0 Å². The van der Waals surface area contributed by atoms with Crippen molar-refractivity contribution in [2.45, 2.75) is 29.6 Å². The maximum Gasteiger partial charge on any atom is 0.243 e. The zero-order valence-corrected chi connectivity index (χ0v) is 20.6. The number of anilines is 1. The van der Waals surface area contributed by atoms with Crippen LogP contribution in [-0.2, 0) is 29.6 Å². The zero-order chi connectivity index (χ0) is 24.3. The molecule has 2 heterocycles. The van der Waals surface area contributed by atoms with Crippen LogP contribution in [0.15, 0.2) is 58.3 Å². The van der Waals surface area contributed by atoms with E-state index >= 15 is 0 Å². The van der Waals surface area contributed by atoms with Gasteiger partial charge in [-0.3, -0.25) is 4.79 Å². The molecule has 0 unspecified atom stereocenters. The van der Waals surface area contributed by atoms with Gasteiger partial charge in [-0.2, -0.15) is 8.61 Å². The first kappa shape index (κ1) is 24.8. The van der Waals surface area contributed by atoms with Gasteiger partial charge in [0.2, 0.25) is 26.0 Å². The molecule has 0 radical (unpaired) electrons. The SMILES string of the molecule is Cc1ccc(S(=O)(=O)N2CCC(C(=O)Nc3ccc(S(=O)(=O)N4CCOCC4)cc3)CC2)cc1. The number of carbonyl (C=O) groups is 1. The molecule has 0 spiro atoms. The van der Waals surface area contributed by atoms with Gasteiger partial charge in [-0.15, -0.1) is 0 Å². The van der Waals surface area contributed by atoms with Crippen LogP contribution in [0.4, 0.5) is 5.69 Å². The average molecular weight is 508 g/mol. The van der Waals surface area contributed by atoms with Gasteiger partial charge >= 0.3 is 0 Å². The molecule has 9 nitrogen and oxygen atoms in total. The number of aryl methyl sites for hydroxylation is 1. The number of carbonyl (C=O) groups excluding carboxylic acids is 1. The number of nitrogens with zero attached hydrogens (tertiary/aromatic N) is 2. The maximum absolute atomic E-state index is 12.9. The summed E-state index contributed by atoms with van der Waals surface area (Å²) in [6.07, 6.45) is 0.834. The van der Waals surface area contributed by atoms with E-state index in [2.05, 4.69) is 5.32 Å². The summed E-state index contributed by atoms with van der Waals surface area (Å²) < 4.78 is 59.2. The van der Waals surface area contributed by atoms with Gasteiger partial charge in [0.25, 0.3) is 0 Å². The number of sulfonamides is 2. The number of rotatable bonds is 6. The third-order valence-electron chi connectivity index (χ3n) is 6.21. The molecule has 2 saturated heterocycles. The molecular formula is C23H29N3O6S2. The molecule has 0 aliphatic carbocycles. The molecule has 0 saturated carbocycles. The first-order valence-electron chi connectivity index (χ1n) is 11.2. The van der Waals surface area contributed by atoms with Crippen LogP contribution in [0.3, 0.4) is 0 Å². The molecule has 184 valence electrons. The molecular weight excluding hydrogens is 478 g/mol. The van der Waals surface area contributed by atoms with Crippen LogP contribution in [0.2, 0.25) is 0 Å². The van der Waals surface area contributed by atoms with Crippen molar-refractivity contribution >= 4 is 31.6 Å². The van der Waals surface area contributed by atoms with Crippen LogP contribution in [0.25, 0.3) is 0 Å². The second-order valence-corrected chi connectivity index (χ2v) is 12.4. The number of piperidine rings is 1. The van der Waals surface area contributed by atoms with Gasteiger partial charge in [0.15, 0.2) is 0 Å². The summed E-state index contributed by atoms with van der Waals surface area (Å²) in [6.45, 7) is 3.82. The summed E-state index contributed by atoms with van der Waals surface area (Å²) in [5.41, 5.74) is 1.49. The molecule has 2 fully saturated rings. The first-order valence-corrected chi connectivity index (χ1v) is 14.1. The van der Waals surface area contributed by atoms with Crippen LogP contribution < -0.4 is 5.32 Å². The lowest BCUT2D eigenvalue weighted by Gasteiger charge is -2.30. The highest BCUT2D eigenvalue weighted by molar-refractivity contribution is 7.89. The minimum absolute atomic E-state index is 0.169. The van der Waals surface area contributed by atoms with E-state index < -0.39 is 20.0 Å². The number of nitrogens with one attached hydrogen (secondary N) is 1. The fourth-order valence-corrected chi connectivity index (χ4v) is 6.99. The summed E-state index contributed by atoms with van der Waals surface area (Å²) in [4.78, 5) is 13.2. The second-order valence-electron chi connectivity index (χ2n) is 8.52. The Hall–Kier alpha value is -2.31. The van der Waals surface area contributed by atoms with Crippen molar-refractivity contribution in [3.8, 4) is 0 Å². The Bertz CT molecular complexity index is 1210. The predicted molar refractivity (Wildman–Crippen MR) is 127 cm³/mol. The highest BCUT2D eigenvalue weighted by Gasteiger charge is 2.32. The van der Waals surface area contributed by atoms with Gasteiger partial charge in [-0.05, 0) is 56.2 Å². The fraction of sp³-hybridized carbons (Fsp3) is 0.435. The first-order chi connectivity index (χ1) is 16.2. The fourth-order valence-electron chi connectivity index (χ4n) is 4.11. The lowest BCUT2D eigenvalue weighted by molar-refractivity contribution is -0.120. The number of amides is 1. The largest absolute Gasteiger partial charge is 0.379 e. The minimum atomic E-state index is -3.60. The molecule has 11 heteroatoms. The van der Waals surface area contributed by atoms with Crippen LogP contribution in [0, 0.1) is 12.8 Å². The molecule has 2 aromatic carbocycles. The van der Waals surface area contributed by atoms with Crippen molar-refractivity contribution in [3.63, 3.8) is 0 Å². The number of hydrogen-bond donors (Lipinski definition) is 1. The molecule has 34 heavy (non-hydrogen) atoms. The van der Waals surface area contributed by atoms with E-state index in [-0.39, 0.29) is 34.7 Å². The molecule has 0 bridgehead atoms. The Morgan fingerprint density at radius 2 is 1.26 bits per heavy atom. The molecule has 1 N–H and O–H groups in total. The second kappa shape index (κ2) is 10.1. The van der Waals surface area contributed by atoms with E-state index in [1.165, 1.54) is 20.7 Å². The van der Waals surface area contributed by atoms with Crippen LogP contribution in [0.1, 0.15) is 18.4 Å². The highest BCUT2D eigenvalue weighted by Crippen LogP contribution is 2.26. The number of hydrogen-bond acceptors (Lipinski definition) is 6. The lowest BCUT2D eigenvalue weighted by Crippen LogP contribution is -2.41. The summed E-state index contributed by atoms with van der Waals surface area (Å²) in [5.74, 6) is -0.516. The van der Waals surface area contributed by atoms with Crippen molar-refractivity contribution in [1.82, 2.24) is 8.61 Å². The Labute approximate surface area is 200 Å². The molecule has 1 amide bonds. The van der Waals surface area contributed by atoms with Gasteiger partial charge in [-0.1, -0.05) is 17.7 Å². The monoisotopic (exact) mass is 507 g/mol. The topological polar surface area (TPSA) is 113 Å². The normalized spacial score (nSPS) is 19.1. The van der Waals surface area contributed by atoms with Gasteiger partial charge in [0.05, 0.1) is 23.0 Å². The molecule has 2 aliphatic heterocycles. The highest BCUT2D eigenvalue weighted by atomic mass is 32.2. The number of benzene rings is 2. The summed E-state index contributed by atoms with van der Waals surface area (Å²) in [5, 5.41) is 2.83. The van der Waals surface area contributed by atoms with Gasteiger partial charge < -0.3 is 10.1 Å². The Kier molecular flexibility index (Phi) is 7.39. The van der Waals surface area contributed by atoms with Gasteiger partial charge in [-0.25, -0.2) is 16.8 Å². The average Bonchev–Trinajstić information content (AvgIpc) is 2.85. The van der Waals surface area contributed by atoms with Crippen LogP contribution in [0.5, 0.6) is 0 Å². The minimum Gasteiger partial charge on any atom is -0.379 e. The lowest BCUT2D eigenvalue weighted by atomic mass is 9.97. The number of ether oxygens (including phenoxy) is 1. The van der Waals surface area contributed by atoms with E-state index in [1.807, 2.05) is 6.92 Å². The Morgan fingerprint density at radius 1 is 0.794 bits per heavy atom. The zero-order valence-electron chi connectivity index (χ0n) is 19.0. The van der Waals surface area contributed by atoms with Gasteiger partial charge in [0, 0.05) is 37.8 Å². The smallest absolute Gasteiger partial charge is 0.243 e. The standard InChI is InChI=1S/C23H29N3O6S2/c1-18-2-6-21(7-3-18)33(28,29)25-12-10-19(11-13-25)23(27)24-20-4-8-22(9-5-20)34(30,31)26-14-16-32-17-15-26/h2-9,19H,10-17H2,1H3,(H,24,27). The number of morpholine rings is 1. The van der Waals surface area contributed by atoms with E-state index in [9.17, 15) is 21.6 Å². The van der Waals surface area contributed by atoms with E-state index in [4.69, 9.17) is 4.74 Å². The summed E-state index contributed by atoms with van der Waals surface area (Å²) in [6, 6.07) is 12.9. The van der Waals surface area contributed by atoms with E-state index in [0.717, 1.165) is 5.56 Å².